The Bertz CT molecular complexity index is 618. The molecule has 0 fully saturated rings. The van der Waals surface area contributed by atoms with Crippen molar-refractivity contribution in [3.8, 4) is 0 Å². The average Bonchev–Trinajstić information content (AvgIpc) is 2.36. The van der Waals surface area contributed by atoms with Gasteiger partial charge in [-0.3, -0.25) is 0 Å². The van der Waals surface area contributed by atoms with E-state index in [9.17, 15) is 4.39 Å². The quantitative estimate of drug-likeness (QED) is 0.567. The summed E-state index contributed by atoms with van der Waals surface area (Å²) in [6, 6.07) is 7.09. The van der Waals surface area contributed by atoms with E-state index in [0.29, 0.717) is 10.0 Å². The van der Waals surface area contributed by atoms with Gasteiger partial charge in [-0.05, 0) is 67.6 Å². The first kappa shape index (κ1) is 15.5. The summed E-state index contributed by atoms with van der Waals surface area (Å²) < 4.78 is 14.8. The molecular weight excluding hydrogens is 339 g/mol. The maximum atomic E-state index is 14.1. The Morgan fingerprint density at radius 3 is 2.05 bits per heavy atom. The monoisotopic (exact) mass is 354 g/mol. The van der Waals surface area contributed by atoms with Crippen molar-refractivity contribution in [2.24, 2.45) is 0 Å². The van der Waals surface area contributed by atoms with Crippen molar-refractivity contribution in [2.45, 2.75) is 33.1 Å². The van der Waals surface area contributed by atoms with Gasteiger partial charge in [-0.25, -0.2) is 4.39 Å². The second-order valence-electron chi connectivity index (χ2n) is 5.17. The molecule has 1 atom stereocenters. The zero-order valence-corrected chi connectivity index (χ0v) is 14.4. The number of aryl methyl sites for hydroxylation is 2. The fraction of sp³-hybridized carbons (Fsp3) is 0.294. The molecule has 0 saturated carbocycles. The van der Waals surface area contributed by atoms with Gasteiger partial charge in [-0.15, -0.1) is 11.6 Å². The maximum absolute atomic E-state index is 14.1. The van der Waals surface area contributed by atoms with Crippen molar-refractivity contribution >= 4 is 27.5 Å². The summed E-state index contributed by atoms with van der Waals surface area (Å²) in [6.07, 6.45) is 0. The fourth-order valence-electron chi connectivity index (χ4n) is 2.52. The Morgan fingerprint density at radius 1 is 1.00 bits per heavy atom. The van der Waals surface area contributed by atoms with Gasteiger partial charge in [-0.2, -0.15) is 0 Å². The van der Waals surface area contributed by atoms with E-state index in [0.717, 1.165) is 16.7 Å². The number of rotatable bonds is 2. The van der Waals surface area contributed by atoms with Crippen molar-refractivity contribution in [1.29, 1.82) is 0 Å². The van der Waals surface area contributed by atoms with Crippen LogP contribution in [-0.2, 0) is 0 Å². The van der Waals surface area contributed by atoms with Crippen molar-refractivity contribution in [1.82, 2.24) is 0 Å². The second kappa shape index (κ2) is 5.87. The Morgan fingerprint density at radius 2 is 1.55 bits per heavy atom. The predicted octanol–water partition coefficient (Wildman–Crippen LogP) is 6.15. The van der Waals surface area contributed by atoms with Crippen molar-refractivity contribution < 1.29 is 4.39 Å². The molecule has 0 heterocycles. The second-order valence-corrected chi connectivity index (χ2v) is 6.46. The van der Waals surface area contributed by atoms with Gasteiger partial charge in [0.05, 0.1) is 5.38 Å². The van der Waals surface area contributed by atoms with Crippen LogP contribution in [0.4, 0.5) is 4.39 Å². The fourth-order valence-corrected chi connectivity index (χ4v) is 3.78. The van der Waals surface area contributed by atoms with Gasteiger partial charge in [-0.1, -0.05) is 28.1 Å². The SMILES string of the molecule is Cc1cc(C)c(C)c(C(Cl)c2c(F)cccc2Br)c1C. The Hall–Kier alpha value is -0.860. The highest BCUT2D eigenvalue weighted by Gasteiger charge is 2.23. The lowest BCUT2D eigenvalue weighted by atomic mass is 9.90. The lowest BCUT2D eigenvalue weighted by Gasteiger charge is -2.21. The van der Waals surface area contributed by atoms with E-state index in [1.807, 2.05) is 19.9 Å². The Labute approximate surface area is 133 Å². The molecule has 0 amide bonds. The van der Waals surface area contributed by atoms with Crippen LogP contribution >= 0.6 is 27.5 Å². The minimum Gasteiger partial charge on any atom is -0.207 e. The van der Waals surface area contributed by atoms with Crippen LogP contribution in [-0.4, -0.2) is 0 Å². The van der Waals surface area contributed by atoms with E-state index in [2.05, 4.69) is 35.8 Å². The highest BCUT2D eigenvalue weighted by Crippen LogP contribution is 2.39. The van der Waals surface area contributed by atoms with Gasteiger partial charge < -0.3 is 0 Å². The summed E-state index contributed by atoms with van der Waals surface area (Å²) >= 11 is 10.0. The summed E-state index contributed by atoms with van der Waals surface area (Å²) in [4.78, 5) is 0. The smallest absolute Gasteiger partial charge is 0.129 e. The molecule has 2 rings (SSSR count). The molecule has 106 valence electrons. The van der Waals surface area contributed by atoms with Crippen molar-refractivity contribution in [2.75, 3.05) is 0 Å². The molecule has 1 unspecified atom stereocenters. The molecule has 2 aromatic rings. The minimum atomic E-state index is -0.496. The highest BCUT2D eigenvalue weighted by molar-refractivity contribution is 9.10. The topological polar surface area (TPSA) is 0 Å². The van der Waals surface area contributed by atoms with Crippen LogP contribution in [0.5, 0.6) is 0 Å². The third-order valence-electron chi connectivity index (χ3n) is 3.93. The third kappa shape index (κ3) is 2.64. The molecule has 0 saturated heterocycles. The largest absolute Gasteiger partial charge is 0.207 e. The molecule has 0 aromatic heterocycles. The molecule has 0 bridgehead atoms. The molecule has 0 aliphatic carbocycles. The number of alkyl halides is 1. The first-order chi connectivity index (χ1) is 9.34. The van der Waals surface area contributed by atoms with E-state index in [1.54, 1.807) is 6.07 Å². The summed E-state index contributed by atoms with van der Waals surface area (Å²) in [7, 11) is 0. The summed E-state index contributed by atoms with van der Waals surface area (Å²) in [5.74, 6) is -0.280. The molecule has 0 radical (unpaired) electrons. The van der Waals surface area contributed by atoms with Crippen molar-refractivity contribution in [3.63, 3.8) is 0 Å². The Balaban J connectivity index is 2.69. The minimum absolute atomic E-state index is 0.280. The van der Waals surface area contributed by atoms with Gasteiger partial charge in [0.15, 0.2) is 0 Å². The molecular formula is C17H17BrClF. The standard InChI is InChI=1S/C17H17BrClF/c1-9-8-10(2)12(4)15(11(9)3)17(19)16-13(18)6-5-7-14(16)20/h5-8,17H,1-4H3. The van der Waals surface area contributed by atoms with E-state index in [4.69, 9.17) is 11.6 Å². The first-order valence-corrected chi connectivity index (χ1v) is 7.72. The molecule has 0 aliphatic heterocycles. The normalized spacial score (nSPS) is 12.6. The third-order valence-corrected chi connectivity index (χ3v) is 5.06. The van der Waals surface area contributed by atoms with Crippen LogP contribution in [0.1, 0.15) is 38.8 Å². The van der Waals surface area contributed by atoms with E-state index in [-0.39, 0.29) is 5.82 Å². The molecule has 0 aliphatic rings. The molecule has 0 N–H and O–H groups in total. The molecule has 20 heavy (non-hydrogen) atoms. The first-order valence-electron chi connectivity index (χ1n) is 6.49. The molecule has 0 nitrogen and oxygen atoms in total. The number of benzene rings is 2. The zero-order chi connectivity index (χ0) is 15.0. The Kier molecular flexibility index (Phi) is 4.55. The molecule has 0 spiro atoms. The zero-order valence-electron chi connectivity index (χ0n) is 12.0. The number of halogens is 3. The number of hydrogen-bond donors (Lipinski definition) is 0. The van der Waals surface area contributed by atoms with E-state index < -0.39 is 5.38 Å². The van der Waals surface area contributed by atoms with Gasteiger partial charge in [0.2, 0.25) is 0 Å². The highest BCUT2D eigenvalue weighted by atomic mass is 79.9. The summed E-state index contributed by atoms with van der Waals surface area (Å²) in [5, 5.41) is -0.496. The van der Waals surface area contributed by atoms with Gasteiger partial charge in [0.1, 0.15) is 5.82 Å². The van der Waals surface area contributed by atoms with E-state index >= 15 is 0 Å². The van der Waals surface area contributed by atoms with Crippen LogP contribution < -0.4 is 0 Å². The summed E-state index contributed by atoms with van der Waals surface area (Å²) in [6.45, 7) is 8.21. The van der Waals surface area contributed by atoms with Gasteiger partial charge in [0, 0.05) is 10.0 Å². The van der Waals surface area contributed by atoms with Crippen LogP contribution in [0.25, 0.3) is 0 Å². The van der Waals surface area contributed by atoms with Crippen molar-refractivity contribution in [3.05, 3.63) is 67.9 Å². The predicted molar refractivity (Wildman–Crippen MR) is 87.2 cm³/mol. The lowest BCUT2D eigenvalue weighted by molar-refractivity contribution is 0.610. The van der Waals surface area contributed by atoms with Gasteiger partial charge >= 0.3 is 0 Å². The van der Waals surface area contributed by atoms with E-state index in [1.165, 1.54) is 17.2 Å². The maximum Gasteiger partial charge on any atom is 0.129 e. The molecule has 2 aromatic carbocycles. The summed E-state index contributed by atoms with van der Waals surface area (Å²) in [5.41, 5.74) is 6.13. The van der Waals surface area contributed by atoms with Crippen LogP contribution in [0, 0.1) is 33.5 Å². The van der Waals surface area contributed by atoms with Crippen LogP contribution in [0.2, 0.25) is 0 Å². The van der Waals surface area contributed by atoms with Crippen LogP contribution in [0.15, 0.2) is 28.7 Å². The van der Waals surface area contributed by atoms with Crippen LogP contribution in [0.3, 0.4) is 0 Å². The lowest BCUT2D eigenvalue weighted by Crippen LogP contribution is -2.06. The number of hydrogen-bond acceptors (Lipinski definition) is 0. The van der Waals surface area contributed by atoms with Gasteiger partial charge in [0.25, 0.3) is 0 Å². The molecule has 3 heteroatoms. The average molecular weight is 356 g/mol.